The van der Waals surface area contributed by atoms with Crippen LogP contribution in [-0.2, 0) is 9.59 Å². The predicted molar refractivity (Wildman–Crippen MR) is 88.9 cm³/mol. The number of carbonyl (C=O) groups is 2. The zero-order valence-corrected chi connectivity index (χ0v) is 12.4. The average molecular weight is 297 g/mol. The van der Waals surface area contributed by atoms with Gasteiger partial charge in [0.15, 0.2) is 0 Å². The van der Waals surface area contributed by atoms with Crippen molar-refractivity contribution in [2.24, 2.45) is 0 Å². The maximum atomic E-state index is 11.9. The second kappa shape index (κ2) is 7.83. The molecule has 2 rings (SSSR count). The molecule has 0 fully saturated rings. The van der Waals surface area contributed by atoms with E-state index in [2.05, 4.69) is 16.0 Å². The number of anilines is 3. The van der Waals surface area contributed by atoms with Gasteiger partial charge in [0.25, 0.3) is 0 Å². The maximum absolute atomic E-state index is 11.9. The molecule has 0 spiro atoms. The maximum Gasteiger partial charge on any atom is 0.226 e. The summed E-state index contributed by atoms with van der Waals surface area (Å²) in [7, 11) is 0. The first-order valence-electron chi connectivity index (χ1n) is 7.10. The summed E-state index contributed by atoms with van der Waals surface area (Å²) in [6.45, 7) is 2.00. The van der Waals surface area contributed by atoms with Crippen molar-refractivity contribution in [2.75, 3.05) is 22.5 Å². The van der Waals surface area contributed by atoms with Crippen molar-refractivity contribution >= 4 is 28.9 Å². The van der Waals surface area contributed by atoms with Crippen molar-refractivity contribution in [1.29, 1.82) is 0 Å². The van der Waals surface area contributed by atoms with E-state index in [0.717, 1.165) is 5.69 Å². The third-order valence-electron chi connectivity index (χ3n) is 2.92. The van der Waals surface area contributed by atoms with Crippen molar-refractivity contribution < 1.29 is 9.59 Å². The van der Waals surface area contributed by atoms with Crippen LogP contribution in [-0.4, -0.2) is 18.4 Å². The summed E-state index contributed by atoms with van der Waals surface area (Å²) in [5.41, 5.74) is 2.31. The molecule has 0 aliphatic heterocycles. The Labute approximate surface area is 129 Å². The van der Waals surface area contributed by atoms with E-state index >= 15 is 0 Å². The lowest BCUT2D eigenvalue weighted by molar-refractivity contribution is -0.116. The zero-order chi connectivity index (χ0) is 15.8. The largest absolute Gasteiger partial charge is 0.385 e. The first-order valence-corrected chi connectivity index (χ1v) is 7.10. The molecule has 0 saturated heterocycles. The summed E-state index contributed by atoms with van der Waals surface area (Å²) in [5, 5.41) is 8.67. The standard InChI is InChI=1S/C17H19N3O2/c1-13(21)19-15-8-5-9-16(12-15)20-17(22)10-11-18-14-6-3-2-4-7-14/h2-9,12,18H,10-11H2,1H3,(H,19,21)(H,20,22). The lowest BCUT2D eigenvalue weighted by Gasteiger charge is -2.09. The van der Waals surface area contributed by atoms with Crippen LogP contribution in [0.25, 0.3) is 0 Å². The third-order valence-corrected chi connectivity index (χ3v) is 2.92. The van der Waals surface area contributed by atoms with Crippen LogP contribution in [0.2, 0.25) is 0 Å². The van der Waals surface area contributed by atoms with Crippen molar-refractivity contribution in [3.8, 4) is 0 Å². The van der Waals surface area contributed by atoms with Gasteiger partial charge in [0.1, 0.15) is 0 Å². The van der Waals surface area contributed by atoms with E-state index in [9.17, 15) is 9.59 Å². The van der Waals surface area contributed by atoms with E-state index in [4.69, 9.17) is 0 Å². The van der Waals surface area contributed by atoms with Crippen molar-refractivity contribution in [3.63, 3.8) is 0 Å². The fraction of sp³-hybridized carbons (Fsp3) is 0.176. The number of para-hydroxylation sites is 1. The third kappa shape index (κ3) is 5.28. The van der Waals surface area contributed by atoms with Crippen LogP contribution in [0.15, 0.2) is 54.6 Å². The van der Waals surface area contributed by atoms with Crippen molar-refractivity contribution in [3.05, 3.63) is 54.6 Å². The van der Waals surface area contributed by atoms with Crippen LogP contribution < -0.4 is 16.0 Å². The fourth-order valence-corrected chi connectivity index (χ4v) is 1.98. The highest BCUT2D eigenvalue weighted by Gasteiger charge is 2.03. The van der Waals surface area contributed by atoms with Gasteiger partial charge in [-0.05, 0) is 30.3 Å². The van der Waals surface area contributed by atoms with Crippen LogP contribution in [0, 0.1) is 0 Å². The molecule has 22 heavy (non-hydrogen) atoms. The highest BCUT2D eigenvalue weighted by Crippen LogP contribution is 2.15. The molecule has 0 aliphatic carbocycles. The van der Waals surface area contributed by atoms with Crippen molar-refractivity contribution in [1.82, 2.24) is 0 Å². The van der Waals surface area contributed by atoms with E-state index in [1.54, 1.807) is 24.3 Å². The zero-order valence-electron chi connectivity index (χ0n) is 12.4. The van der Waals surface area contributed by atoms with E-state index < -0.39 is 0 Å². The van der Waals surface area contributed by atoms with Crippen LogP contribution in [0.5, 0.6) is 0 Å². The highest BCUT2D eigenvalue weighted by atomic mass is 16.2. The van der Waals surface area contributed by atoms with Gasteiger partial charge in [0.05, 0.1) is 0 Å². The predicted octanol–water partition coefficient (Wildman–Crippen LogP) is 3.09. The Hall–Kier alpha value is -2.82. The molecule has 0 saturated carbocycles. The highest BCUT2D eigenvalue weighted by molar-refractivity contribution is 5.93. The Kier molecular flexibility index (Phi) is 5.54. The molecule has 2 aromatic rings. The Morgan fingerprint density at radius 2 is 1.50 bits per heavy atom. The Morgan fingerprint density at radius 3 is 2.18 bits per heavy atom. The molecule has 3 N–H and O–H groups in total. The van der Waals surface area contributed by atoms with Crippen LogP contribution in [0.1, 0.15) is 13.3 Å². The molecule has 0 unspecified atom stereocenters. The van der Waals surface area contributed by atoms with E-state index in [1.165, 1.54) is 6.92 Å². The molecule has 2 aromatic carbocycles. The summed E-state index contributed by atoms with van der Waals surface area (Å²) in [6, 6.07) is 16.8. The van der Waals surface area contributed by atoms with Gasteiger partial charge in [-0.3, -0.25) is 9.59 Å². The quantitative estimate of drug-likeness (QED) is 0.767. The number of rotatable bonds is 6. The Bertz CT molecular complexity index is 641. The monoisotopic (exact) mass is 297 g/mol. The number of amides is 2. The molecule has 2 amide bonds. The van der Waals surface area contributed by atoms with Gasteiger partial charge in [-0.1, -0.05) is 24.3 Å². The average Bonchev–Trinajstić information content (AvgIpc) is 2.48. The summed E-state index contributed by atoms with van der Waals surface area (Å²) < 4.78 is 0. The minimum atomic E-state index is -0.143. The number of hydrogen-bond acceptors (Lipinski definition) is 3. The number of nitrogens with one attached hydrogen (secondary N) is 3. The van der Waals surface area contributed by atoms with E-state index in [-0.39, 0.29) is 11.8 Å². The van der Waals surface area contributed by atoms with Gasteiger partial charge < -0.3 is 16.0 Å². The molecular formula is C17H19N3O2. The van der Waals surface area contributed by atoms with Crippen molar-refractivity contribution in [2.45, 2.75) is 13.3 Å². The van der Waals surface area contributed by atoms with Crippen LogP contribution >= 0.6 is 0 Å². The number of benzene rings is 2. The lowest BCUT2D eigenvalue weighted by Crippen LogP contribution is -2.16. The Balaban J connectivity index is 1.80. The minimum absolute atomic E-state index is 0.0802. The minimum Gasteiger partial charge on any atom is -0.385 e. The molecular weight excluding hydrogens is 278 g/mol. The smallest absolute Gasteiger partial charge is 0.226 e. The van der Waals surface area contributed by atoms with Gasteiger partial charge >= 0.3 is 0 Å². The molecule has 114 valence electrons. The van der Waals surface area contributed by atoms with E-state index in [1.807, 2.05) is 30.3 Å². The lowest BCUT2D eigenvalue weighted by atomic mass is 10.2. The number of carbonyl (C=O) groups excluding carboxylic acids is 2. The molecule has 0 bridgehead atoms. The summed E-state index contributed by atoms with van der Waals surface area (Å²) >= 11 is 0. The summed E-state index contributed by atoms with van der Waals surface area (Å²) in [4.78, 5) is 22.9. The number of hydrogen-bond donors (Lipinski definition) is 3. The molecule has 0 heterocycles. The van der Waals surface area contributed by atoms with Gasteiger partial charge in [-0.15, -0.1) is 0 Å². The molecule has 5 heteroatoms. The molecule has 0 atom stereocenters. The first-order chi connectivity index (χ1) is 10.6. The second-order valence-electron chi connectivity index (χ2n) is 4.85. The Morgan fingerprint density at radius 1 is 0.864 bits per heavy atom. The topological polar surface area (TPSA) is 70.2 Å². The normalized spacial score (nSPS) is 9.86. The van der Waals surface area contributed by atoms with E-state index in [0.29, 0.717) is 24.3 Å². The molecule has 0 aromatic heterocycles. The molecule has 5 nitrogen and oxygen atoms in total. The summed E-state index contributed by atoms with van der Waals surface area (Å²) in [6.07, 6.45) is 0.360. The van der Waals surface area contributed by atoms with Crippen LogP contribution in [0.4, 0.5) is 17.1 Å². The van der Waals surface area contributed by atoms with Gasteiger partial charge in [-0.25, -0.2) is 0 Å². The van der Waals surface area contributed by atoms with Crippen LogP contribution in [0.3, 0.4) is 0 Å². The first kappa shape index (κ1) is 15.6. The van der Waals surface area contributed by atoms with Gasteiger partial charge in [0, 0.05) is 37.0 Å². The SMILES string of the molecule is CC(=O)Nc1cccc(NC(=O)CCNc2ccccc2)c1. The fourth-order valence-electron chi connectivity index (χ4n) is 1.98. The molecule has 0 radical (unpaired) electrons. The van der Waals surface area contributed by atoms with Gasteiger partial charge in [0.2, 0.25) is 11.8 Å². The van der Waals surface area contributed by atoms with Gasteiger partial charge in [-0.2, -0.15) is 0 Å². The molecule has 0 aliphatic rings. The summed E-state index contributed by atoms with van der Waals surface area (Å²) in [5.74, 6) is -0.223. The second-order valence-corrected chi connectivity index (χ2v) is 4.85.